The van der Waals surface area contributed by atoms with Crippen LogP contribution in [0.15, 0.2) is 30.5 Å². The van der Waals surface area contributed by atoms with Gasteiger partial charge in [0.25, 0.3) is 5.69 Å². The Morgan fingerprint density at radius 3 is 2.68 bits per heavy atom. The fraction of sp³-hybridized carbons (Fsp3) is 0.308. The van der Waals surface area contributed by atoms with Crippen LogP contribution in [0.5, 0.6) is 0 Å². The van der Waals surface area contributed by atoms with E-state index in [1.165, 1.54) is 6.07 Å². The summed E-state index contributed by atoms with van der Waals surface area (Å²) in [6.07, 6.45) is 1.74. The molecule has 2 rings (SSSR count). The van der Waals surface area contributed by atoms with Crippen LogP contribution in [0.2, 0.25) is 0 Å². The Hall–Kier alpha value is -2.37. The minimum atomic E-state index is -0.371. The van der Waals surface area contributed by atoms with Gasteiger partial charge in [-0.3, -0.25) is 14.8 Å². The van der Waals surface area contributed by atoms with Crippen molar-refractivity contribution >= 4 is 11.4 Å². The summed E-state index contributed by atoms with van der Waals surface area (Å²) in [7, 11) is 1.88. The molecule has 2 aromatic rings. The summed E-state index contributed by atoms with van der Waals surface area (Å²) in [5.74, 6) is 0. The molecule has 1 heterocycles. The summed E-state index contributed by atoms with van der Waals surface area (Å²) in [5, 5.41) is 18.2. The molecule has 0 fully saturated rings. The van der Waals surface area contributed by atoms with E-state index in [1.807, 2.05) is 20.0 Å². The first kappa shape index (κ1) is 13.1. The highest BCUT2D eigenvalue weighted by Gasteiger charge is 2.13. The Balaban J connectivity index is 2.18. The van der Waals surface area contributed by atoms with Crippen LogP contribution in [-0.4, -0.2) is 14.7 Å². The van der Waals surface area contributed by atoms with Gasteiger partial charge in [0.1, 0.15) is 0 Å². The van der Waals surface area contributed by atoms with Crippen molar-refractivity contribution in [2.75, 3.05) is 5.32 Å². The van der Waals surface area contributed by atoms with Crippen molar-refractivity contribution in [2.24, 2.45) is 7.05 Å². The molecule has 0 saturated carbocycles. The molecule has 1 unspecified atom stereocenters. The van der Waals surface area contributed by atoms with E-state index in [2.05, 4.69) is 10.4 Å². The zero-order chi connectivity index (χ0) is 14.0. The second-order valence-corrected chi connectivity index (χ2v) is 4.50. The van der Waals surface area contributed by atoms with Gasteiger partial charge in [0.15, 0.2) is 0 Å². The third-order valence-electron chi connectivity index (χ3n) is 3.08. The number of nitro groups is 1. The standard InChI is InChI=1S/C13H16N4O2/c1-9-8-11(4-5-12(9)17(18)19)15-10(2)13-6-7-14-16(13)3/h4-8,10,15H,1-3H3. The lowest BCUT2D eigenvalue weighted by atomic mass is 10.1. The molecule has 1 aromatic carbocycles. The fourth-order valence-electron chi connectivity index (χ4n) is 2.08. The number of aromatic nitrogens is 2. The molecular formula is C13H16N4O2. The number of nitro benzene ring substituents is 1. The number of rotatable bonds is 4. The molecule has 0 amide bonds. The molecule has 0 aliphatic carbocycles. The van der Waals surface area contributed by atoms with Gasteiger partial charge in [-0.05, 0) is 32.0 Å². The molecule has 19 heavy (non-hydrogen) atoms. The van der Waals surface area contributed by atoms with Gasteiger partial charge in [-0.2, -0.15) is 5.10 Å². The van der Waals surface area contributed by atoms with Gasteiger partial charge >= 0.3 is 0 Å². The Kier molecular flexibility index (Phi) is 3.50. The van der Waals surface area contributed by atoms with Crippen LogP contribution in [0.25, 0.3) is 0 Å². The molecule has 1 atom stereocenters. The lowest BCUT2D eigenvalue weighted by molar-refractivity contribution is -0.385. The highest BCUT2D eigenvalue weighted by atomic mass is 16.6. The van der Waals surface area contributed by atoms with Crippen LogP contribution in [0, 0.1) is 17.0 Å². The van der Waals surface area contributed by atoms with E-state index in [0.717, 1.165) is 11.4 Å². The van der Waals surface area contributed by atoms with Gasteiger partial charge in [0.05, 0.1) is 16.7 Å². The Morgan fingerprint density at radius 1 is 1.42 bits per heavy atom. The quantitative estimate of drug-likeness (QED) is 0.677. The largest absolute Gasteiger partial charge is 0.377 e. The molecule has 1 N–H and O–H groups in total. The summed E-state index contributed by atoms with van der Waals surface area (Å²) >= 11 is 0. The number of hydrogen-bond donors (Lipinski definition) is 1. The number of nitrogens with zero attached hydrogens (tertiary/aromatic N) is 3. The van der Waals surface area contributed by atoms with Crippen LogP contribution < -0.4 is 5.32 Å². The first-order chi connectivity index (χ1) is 8.99. The molecular weight excluding hydrogens is 244 g/mol. The van der Waals surface area contributed by atoms with Gasteiger partial charge in [0, 0.05) is 30.6 Å². The van der Waals surface area contributed by atoms with Crippen LogP contribution in [0.3, 0.4) is 0 Å². The number of anilines is 1. The van der Waals surface area contributed by atoms with Crippen LogP contribution in [0.4, 0.5) is 11.4 Å². The van der Waals surface area contributed by atoms with Crippen molar-refractivity contribution in [1.29, 1.82) is 0 Å². The maximum absolute atomic E-state index is 10.8. The lowest BCUT2D eigenvalue weighted by Crippen LogP contribution is -2.11. The lowest BCUT2D eigenvalue weighted by Gasteiger charge is -2.16. The average Bonchev–Trinajstić information content (AvgIpc) is 2.75. The van der Waals surface area contributed by atoms with E-state index >= 15 is 0 Å². The third-order valence-corrected chi connectivity index (χ3v) is 3.08. The van der Waals surface area contributed by atoms with Gasteiger partial charge < -0.3 is 5.32 Å². The van der Waals surface area contributed by atoms with Crippen molar-refractivity contribution in [3.8, 4) is 0 Å². The summed E-state index contributed by atoms with van der Waals surface area (Å²) in [4.78, 5) is 10.4. The minimum absolute atomic E-state index is 0.0772. The summed E-state index contributed by atoms with van der Waals surface area (Å²) < 4.78 is 1.80. The zero-order valence-corrected chi connectivity index (χ0v) is 11.1. The second kappa shape index (κ2) is 5.09. The smallest absolute Gasteiger partial charge is 0.272 e. The van der Waals surface area contributed by atoms with E-state index in [9.17, 15) is 10.1 Å². The van der Waals surface area contributed by atoms with Crippen molar-refractivity contribution in [1.82, 2.24) is 9.78 Å². The molecule has 0 aliphatic rings. The maximum Gasteiger partial charge on any atom is 0.272 e. The second-order valence-electron chi connectivity index (χ2n) is 4.50. The van der Waals surface area contributed by atoms with Gasteiger partial charge in [0.2, 0.25) is 0 Å². The molecule has 0 bridgehead atoms. The molecule has 1 aromatic heterocycles. The molecule has 100 valence electrons. The number of benzene rings is 1. The summed E-state index contributed by atoms with van der Waals surface area (Å²) in [6.45, 7) is 3.76. The van der Waals surface area contributed by atoms with E-state index in [-0.39, 0.29) is 16.7 Å². The number of aryl methyl sites for hydroxylation is 2. The average molecular weight is 260 g/mol. The van der Waals surface area contributed by atoms with Gasteiger partial charge in [-0.1, -0.05) is 0 Å². The SMILES string of the molecule is Cc1cc(NC(C)c2ccnn2C)ccc1[N+](=O)[O-]. The van der Waals surface area contributed by atoms with E-state index in [4.69, 9.17) is 0 Å². The predicted octanol–water partition coefficient (Wildman–Crippen LogP) is 2.81. The molecule has 0 saturated heterocycles. The van der Waals surface area contributed by atoms with E-state index < -0.39 is 0 Å². The minimum Gasteiger partial charge on any atom is -0.377 e. The Bertz CT molecular complexity index is 606. The van der Waals surface area contributed by atoms with Crippen LogP contribution in [0.1, 0.15) is 24.2 Å². The predicted molar refractivity (Wildman–Crippen MR) is 73.1 cm³/mol. The van der Waals surface area contributed by atoms with Crippen molar-refractivity contribution in [3.05, 3.63) is 51.8 Å². The third kappa shape index (κ3) is 2.73. The zero-order valence-electron chi connectivity index (χ0n) is 11.1. The van der Waals surface area contributed by atoms with Crippen molar-refractivity contribution < 1.29 is 4.92 Å². The number of hydrogen-bond acceptors (Lipinski definition) is 4. The monoisotopic (exact) mass is 260 g/mol. The van der Waals surface area contributed by atoms with E-state index in [0.29, 0.717) is 5.56 Å². The van der Waals surface area contributed by atoms with Crippen LogP contribution in [-0.2, 0) is 7.05 Å². The molecule has 6 nitrogen and oxygen atoms in total. The summed E-state index contributed by atoms with van der Waals surface area (Å²) in [5.41, 5.74) is 2.69. The van der Waals surface area contributed by atoms with Crippen molar-refractivity contribution in [3.63, 3.8) is 0 Å². The van der Waals surface area contributed by atoms with Gasteiger partial charge in [-0.25, -0.2) is 0 Å². The Labute approximate surface area is 111 Å². The van der Waals surface area contributed by atoms with Crippen LogP contribution >= 0.6 is 0 Å². The molecule has 0 aliphatic heterocycles. The highest BCUT2D eigenvalue weighted by Crippen LogP contribution is 2.24. The Morgan fingerprint density at radius 2 is 2.16 bits per heavy atom. The molecule has 0 spiro atoms. The highest BCUT2D eigenvalue weighted by molar-refractivity contribution is 5.54. The van der Waals surface area contributed by atoms with E-state index in [1.54, 1.807) is 29.9 Å². The first-order valence-electron chi connectivity index (χ1n) is 5.98. The first-order valence-corrected chi connectivity index (χ1v) is 5.98. The topological polar surface area (TPSA) is 73.0 Å². The normalized spacial score (nSPS) is 12.2. The molecule has 6 heteroatoms. The number of nitrogens with one attached hydrogen (secondary N) is 1. The van der Waals surface area contributed by atoms with Crippen molar-refractivity contribution in [2.45, 2.75) is 19.9 Å². The van der Waals surface area contributed by atoms with Gasteiger partial charge in [-0.15, -0.1) is 0 Å². The fourth-order valence-corrected chi connectivity index (χ4v) is 2.08. The maximum atomic E-state index is 10.8. The summed E-state index contributed by atoms with van der Waals surface area (Å²) in [6, 6.07) is 7.04. The molecule has 0 radical (unpaired) electrons.